The zero-order chi connectivity index (χ0) is 13.6. The highest BCUT2D eigenvalue weighted by atomic mass is 16.2. The van der Waals surface area contributed by atoms with Gasteiger partial charge in [0.1, 0.15) is 5.69 Å². The Labute approximate surface area is 107 Å². The number of carbonyl (C=O) groups is 2. The summed E-state index contributed by atoms with van der Waals surface area (Å²) >= 11 is 0. The lowest BCUT2D eigenvalue weighted by Gasteiger charge is -2.19. The van der Waals surface area contributed by atoms with E-state index in [2.05, 4.69) is 4.98 Å². The van der Waals surface area contributed by atoms with Gasteiger partial charge in [0.05, 0.1) is 11.8 Å². The number of aromatic amines is 2. The van der Waals surface area contributed by atoms with Crippen LogP contribution in [0.5, 0.6) is 0 Å². The van der Waals surface area contributed by atoms with E-state index in [1.807, 2.05) is 4.98 Å². The highest BCUT2D eigenvalue weighted by Gasteiger charge is 2.49. The van der Waals surface area contributed by atoms with Gasteiger partial charge in [-0.05, 0) is 12.8 Å². The second kappa shape index (κ2) is 4.18. The molecule has 0 bridgehead atoms. The Morgan fingerprint density at radius 1 is 1.00 bits per heavy atom. The van der Waals surface area contributed by atoms with Crippen LogP contribution in [0.1, 0.15) is 25.7 Å². The number of aromatic nitrogens is 2. The van der Waals surface area contributed by atoms with Crippen molar-refractivity contribution in [1.29, 1.82) is 0 Å². The highest BCUT2D eigenvalue weighted by Crippen LogP contribution is 2.38. The van der Waals surface area contributed by atoms with Gasteiger partial charge in [0, 0.05) is 6.20 Å². The second-order valence-electron chi connectivity index (χ2n) is 4.97. The van der Waals surface area contributed by atoms with Crippen LogP contribution in [0.25, 0.3) is 0 Å². The van der Waals surface area contributed by atoms with Crippen molar-refractivity contribution in [2.24, 2.45) is 11.8 Å². The molecule has 19 heavy (non-hydrogen) atoms. The molecular weight excluding hydrogens is 250 g/mol. The SMILES string of the molecule is O=C1C2CCCCC2C(=O)N1c1c[nH]c(=O)[nH]c1=O. The molecule has 2 aliphatic rings. The summed E-state index contributed by atoms with van der Waals surface area (Å²) in [6, 6.07) is 0. The average molecular weight is 263 g/mol. The highest BCUT2D eigenvalue weighted by molar-refractivity contribution is 6.21. The molecule has 0 aromatic carbocycles. The minimum Gasteiger partial charge on any atom is -0.312 e. The monoisotopic (exact) mass is 263 g/mol. The predicted molar refractivity (Wildman–Crippen MR) is 65.6 cm³/mol. The first-order chi connectivity index (χ1) is 9.09. The van der Waals surface area contributed by atoms with Crippen LogP contribution < -0.4 is 16.1 Å². The van der Waals surface area contributed by atoms with Crippen molar-refractivity contribution < 1.29 is 9.59 Å². The summed E-state index contributed by atoms with van der Waals surface area (Å²) in [6.45, 7) is 0. The first-order valence-electron chi connectivity index (χ1n) is 6.29. The van der Waals surface area contributed by atoms with Gasteiger partial charge in [0.15, 0.2) is 0 Å². The molecule has 1 saturated heterocycles. The lowest BCUT2D eigenvalue weighted by Crippen LogP contribution is -2.37. The van der Waals surface area contributed by atoms with Gasteiger partial charge in [-0.2, -0.15) is 0 Å². The maximum atomic E-state index is 12.2. The van der Waals surface area contributed by atoms with Crippen molar-refractivity contribution in [3.8, 4) is 0 Å². The normalized spacial score (nSPS) is 26.6. The van der Waals surface area contributed by atoms with Gasteiger partial charge >= 0.3 is 5.69 Å². The third-order valence-corrected chi connectivity index (χ3v) is 3.88. The Hall–Kier alpha value is -2.18. The molecule has 2 amide bonds. The Kier molecular flexibility index (Phi) is 2.62. The fourth-order valence-electron chi connectivity index (χ4n) is 2.97. The van der Waals surface area contributed by atoms with Crippen molar-refractivity contribution in [2.45, 2.75) is 25.7 Å². The van der Waals surface area contributed by atoms with Crippen LogP contribution in [0.3, 0.4) is 0 Å². The third-order valence-electron chi connectivity index (χ3n) is 3.88. The molecular formula is C12H13N3O4. The van der Waals surface area contributed by atoms with Crippen molar-refractivity contribution in [2.75, 3.05) is 4.90 Å². The lowest BCUT2D eigenvalue weighted by molar-refractivity contribution is -0.122. The maximum absolute atomic E-state index is 12.2. The molecule has 2 heterocycles. The van der Waals surface area contributed by atoms with Crippen molar-refractivity contribution in [1.82, 2.24) is 9.97 Å². The Balaban J connectivity index is 2.05. The molecule has 100 valence electrons. The lowest BCUT2D eigenvalue weighted by atomic mass is 9.81. The minimum absolute atomic E-state index is 0.0935. The molecule has 1 aliphatic heterocycles. The van der Waals surface area contributed by atoms with Crippen molar-refractivity contribution >= 4 is 17.5 Å². The van der Waals surface area contributed by atoms with E-state index in [-0.39, 0.29) is 29.3 Å². The fourth-order valence-corrected chi connectivity index (χ4v) is 2.97. The van der Waals surface area contributed by atoms with E-state index in [0.717, 1.165) is 23.9 Å². The summed E-state index contributed by atoms with van der Waals surface area (Å²) in [5.74, 6) is -1.28. The van der Waals surface area contributed by atoms with E-state index in [9.17, 15) is 19.2 Å². The maximum Gasteiger partial charge on any atom is 0.325 e. The first kappa shape index (κ1) is 11.9. The molecule has 2 unspecified atom stereocenters. The van der Waals surface area contributed by atoms with Gasteiger partial charge in [0.2, 0.25) is 11.8 Å². The number of H-pyrrole nitrogens is 2. The Morgan fingerprint density at radius 2 is 1.58 bits per heavy atom. The van der Waals surface area contributed by atoms with Crippen LogP contribution in [0.2, 0.25) is 0 Å². The number of anilines is 1. The third kappa shape index (κ3) is 1.73. The average Bonchev–Trinajstić information content (AvgIpc) is 2.64. The van der Waals surface area contributed by atoms with Gasteiger partial charge < -0.3 is 4.98 Å². The summed E-state index contributed by atoms with van der Waals surface area (Å²) < 4.78 is 0. The topological polar surface area (TPSA) is 103 Å². The number of nitrogens with one attached hydrogen (secondary N) is 2. The molecule has 7 nitrogen and oxygen atoms in total. The van der Waals surface area contributed by atoms with Crippen LogP contribution in [0, 0.1) is 11.8 Å². The van der Waals surface area contributed by atoms with Gasteiger partial charge in [-0.1, -0.05) is 12.8 Å². The standard InChI is InChI=1S/C12H13N3O4/c16-9-8(5-13-12(19)14-9)15-10(17)6-3-1-2-4-7(6)11(15)18/h5-7H,1-4H2,(H2,13,14,16,19). The minimum atomic E-state index is -0.718. The van der Waals surface area contributed by atoms with E-state index in [4.69, 9.17) is 0 Å². The summed E-state index contributed by atoms with van der Waals surface area (Å²) in [7, 11) is 0. The number of imide groups is 1. The molecule has 3 rings (SSSR count). The molecule has 2 atom stereocenters. The number of fused-ring (bicyclic) bond motifs is 1. The van der Waals surface area contributed by atoms with Gasteiger partial charge in [-0.25, -0.2) is 9.69 Å². The van der Waals surface area contributed by atoms with E-state index < -0.39 is 11.2 Å². The fraction of sp³-hybridized carbons (Fsp3) is 0.500. The second-order valence-corrected chi connectivity index (χ2v) is 4.97. The quantitative estimate of drug-likeness (QED) is 0.681. The van der Waals surface area contributed by atoms with Gasteiger partial charge in [-0.15, -0.1) is 0 Å². The Bertz CT molecular complexity index is 635. The van der Waals surface area contributed by atoms with Crippen LogP contribution in [-0.2, 0) is 9.59 Å². The van der Waals surface area contributed by atoms with E-state index in [1.165, 1.54) is 0 Å². The zero-order valence-electron chi connectivity index (χ0n) is 10.1. The van der Waals surface area contributed by atoms with E-state index in [1.54, 1.807) is 0 Å². The first-order valence-corrected chi connectivity index (χ1v) is 6.29. The van der Waals surface area contributed by atoms with E-state index in [0.29, 0.717) is 12.8 Å². The summed E-state index contributed by atoms with van der Waals surface area (Å²) in [5.41, 5.74) is -1.47. The molecule has 1 aliphatic carbocycles. The van der Waals surface area contributed by atoms with Crippen LogP contribution in [0.15, 0.2) is 15.8 Å². The number of rotatable bonds is 1. The zero-order valence-corrected chi connectivity index (χ0v) is 10.1. The van der Waals surface area contributed by atoms with Crippen LogP contribution in [0.4, 0.5) is 5.69 Å². The molecule has 1 aromatic heterocycles. The number of hydrogen-bond donors (Lipinski definition) is 2. The molecule has 2 N–H and O–H groups in total. The molecule has 0 spiro atoms. The number of carbonyl (C=O) groups excluding carboxylic acids is 2. The number of hydrogen-bond acceptors (Lipinski definition) is 4. The summed E-state index contributed by atoms with van der Waals surface area (Å²) in [6.07, 6.45) is 4.35. The van der Waals surface area contributed by atoms with Crippen molar-refractivity contribution in [3.63, 3.8) is 0 Å². The smallest absolute Gasteiger partial charge is 0.312 e. The number of nitrogens with zero attached hydrogens (tertiary/aromatic N) is 1. The molecule has 0 radical (unpaired) electrons. The summed E-state index contributed by atoms with van der Waals surface area (Å²) in [4.78, 5) is 52.4. The molecule has 7 heteroatoms. The number of amides is 2. The molecule has 1 saturated carbocycles. The van der Waals surface area contributed by atoms with Crippen LogP contribution >= 0.6 is 0 Å². The Morgan fingerprint density at radius 3 is 2.11 bits per heavy atom. The van der Waals surface area contributed by atoms with Gasteiger partial charge in [0.25, 0.3) is 5.56 Å². The largest absolute Gasteiger partial charge is 0.325 e. The van der Waals surface area contributed by atoms with Gasteiger partial charge in [-0.3, -0.25) is 19.4 Å². The molecule has 2 fully saturated rings. The predicted octanol–water partition coefficient (Wildman–Crippen LogP) is -0.257. The van der Waals surface area contributed by atoms with Crippen molar-refractivity contribution in [3.05, 3.63) is 27.0 Å². The summed E-state index contributed by atoms with van der Waals surface area (Å²) in [5, 5.41) is 0. The van der Waals surface area contributed by atoms with Crippen LogP contribution in [-0.4, -0.2) is 21.8 Å². The molecule has 1 aromatic rings. The van der Waals surface area contributed by atoms with E-state index >= 15 is 0 Å².